The highest BCUT2D eigenvalue weighted by Gasteiger charge is 2.10. The van der Waals surface area contributed by atoms with Crippen LogP contribution in [0.3, 0.4) is 0 Å². The molecule has 1 aromatic carbocycles. The fourth-order valence-electron chi connectivity index (χ4n) is 1.50. The number of aryl methyl sites for hydroxylation is 1. The van der Waals surface area contributed by atoms with Crippen LogP contribution in [-0.2, 0) is 11.2 Å². The zero-order valence-corrected chi connectivity index (χ0v) is 8.59. The standard InChI is InChI=1S/C11H16FNO/c1-3-8-4-5-9(12)6-10(8)11(13)7-14-2/h4-6,11H,3,7,13H2,1-2H3/t11-/m0/s1. The maximum absolute atomic E-state index is 13.0. The summed E-state index contributed by atoms with van der Waals surface area (Å²) < 4.78 is 17.9. The Morgan fingerprint density at radius 3 is 2.79 bits per heavy atom. The van der Waals surface area contributed by atoms with Gasteiger partial charge in [0.1, 0.15) is 5.82 Å². The first kappa shape index (κ1) is 11.1. The van der Waals surface area contributed by atoms with Crippen molar-refractivity contribution in [3.8, 4) is 0 Å². The number of hydrogen-bond acceptors (Lipinski definition) is 2. The van der Waals surface area contributed by atoms with E-state index in [0.717, 1.165) is 17.5 Å². The quantitative estimate of drug-likeness (QED) is 0.801. The molecule has 0 saturated carbocycles. The first-order valence-electron chi connectivity index (χ1n) is 4.71. The van der Waals surface area contributed by atoms with Gasteiger partial charge in [0.05, 0.1) is 12.6 Å². The van der Waals surface area contributed by atoms with E-state index in [0.29, 0.717) is 6.61 Å². The van der Waals surface area contributed by atoms with Crippen LogP contribution in [-0.4, -0.2) is 13.7 Å². The van der Waals surface area contributed by atoms with E-state index in [1.165, 1.54) is 12.1 Å². The zero-order valence-electron chi connectivity index (χ0n) is 8.59. The van der Waals surface area contributed by atoms with Gasteiger partial charge in [-0.15, -0.1) is 0 Å². The lowest BCUT2D eigenvalue weighted by molar-refractivity contribution is 0.180. The molecule has 0 unspecified atom stereocenters. The molecule has 1 rings (SSSR count). The fraction of sp³-hybridized carbons (Fsp3) is 0.455. The van der Waals surface area contributed by atoms with E-state index < -0.39 is 0 Å². The average molecular weight is 197 g/mol. The number of ether oxygens (including phenoxy) is 1. The SMILES string of the molecule is CCc1ccc(F)cc1[C@@H](N)COC. The molecule has 78 valence electrons. The van der Waals surface area contributed by atoms with E-state index in [-0.39, 0.29) is 11.9 Å². The molecule has 1 aromatic rings. The molecule has 3 heteroatoms. The normalized spacial score (nSPS) is 12.9. The van der Waals surface area contributed by atoms with Crippen LogP contribution in [0.15, 0.2) is 18.2 Å². The van der Waals surface area contributed by atoms with Crippen molar-refractivity contribution in [1.29, 1.82) is 0 Å². The molecule has 0 aliphatic rings. The topological polar surface area (TPSA) is 35.2 Å². The minimum Gasteiger partial charge on any atom is -0.383 e. The van der Waals surface area contributed by atoms with Crippen molar-refractivity contribution in [2.24, 2.45) is 5.73 Å². The van der Waals surface area contributed by atoms with Gasteiger partial charge in [0, 0.05) is 7.11 Å². The summed E-state index contributed by atoms with van der Waals surface area (Å²) in [5, 5.41) is 0. The molecular formula is C11H16FNO. The Labute approximate surface area is 83.9 Å². The molecule has 14 heavy (non-hydrogen) atoms. The van der Waals surface area contributed by atoms with Crippen LogP contribution in [0.2, 0.25) is 0 Å². The van der Waals surface area contributed by atoms with Crippen molar-refractivity contribution in [3.63, 3.8) is 0 Å². The minimum absolute atomic E-state index is 0.245. The summed E-state index contributed by atoms with van der Waals surface area (Å²) in [6.45, 7) is 2.44. The van der Waals surface area contributed by atoms with Gasteiger partial charge in [0.2, 0.25) is 0 Å². The van der Waals surface area contributed by atoms with E-state index >= 15 is 0 Å². The number of benzene rings is 1. The molecular weight excluding hydrogens is 181 g/mol. The third kappa shape index (κ3) is 2.53. The Bertz CT molecular complexity index is 301. The van der Waals surface area contributed by atoms with Crippen molar-refractivity contribution in [3.05, 3.63) is 35.1 Å². The summed E-state index contributed by atoms with van der Waals surface area (Å²) in [5.74, 6) is -0.247. The first-order valence-corrected chi connectivity index (χ1v) is 4.71. The van der Waals surface area contributed by atoms with Crippen molar-refractivity contribution in [2.45, 2.75) is 19.4 Å². The van der Waals surface area contributed by atoms with Gasteiger partial charge in [0.25, 0.3) is 0 Å². The van der Waals surface area contributed by atoms with Crippen LogP contribution < -0.4 is 5.73 Å². The third-order valence-corrected chi connectivity index (χ3v) is 2.23. The molecule has 0 fully saturated rings. The monoisotopic (exact) mass is 197 g/mol. The lowest BCUT2D eigenvalue weighted by atomic mass is 9.99. The molecule has 2 N–H and O–H groups in total. The molecule has 2 nitrogen and oxygen atoms in total. The summed E-state index contributed by atoms with van der Waals surface area (Å²) in [4.78, 5) is 0. The first-order chi connectivity index (χ1) is 6.69. The van der Waals surface area contributed by atoms with Crippen LogP contribution in [0.1, 0.15) is 24.1 Å². The number of hydrogen-bond donors (Lipinski definition) is 1. The second-order valence-corrected chi connectivity index (χ2v) is 3.26. The van der Waals surface area contributed by atoms with Crippen LogP contribution in [0, 0.1) is 5.82 Å². The predicted octanol–water partition coefficient (Wildman–Crippen LogP) is 2.03. The molecule has 0 aliphatic heterocycles. The van der Waals surface area contributed by atoms with Gasteiger partial charge in [-0.3, -0.25) is 0 Å². The number of methoxy groups -OCH3 is 1. The van der Waals surface area contributed by atoms with E-state index in [9.17, 15) is 4.39 Å². The molecule has 1 atom stereocenters. The molecule has 0 amide bonds. The number of nitrogens with two attached hydrogens (primary N) is 1. The highest BCUT2D eigenvalue weighted by Crippen LogP contribution is 2.18. The summed E-state index contributed by atoms with van der Waals surface area (Å²) in [7, 11) is 1.59. The van der Waals surface area contributed by atoms with Crippen molar-refractivity contribution in [2.75, 3.05) is 13.7 Å². The second kappa shape index (κ2) is 5.08. The molecule has 0 aliphatic carbocycles. The molecule has 0 bridgehead atoms. The van der Waals surface area contributed by atoms with Crippen molar-refractivity contribution >= 4 is 0 Å². The van der Waals surface area contributed by atoms with Gasteiger partial charge in [-0.1, -0.05) is 13.0 Å². The van der Waals surface area contributed by atoms with Crippen LogP contribution in [0.4, 0.5) is 4.39 Å². The van der Waals surface area contributed by atoms with Gasteiger partial charge < -0.3 is 10.5 Å². The molecule has 0 heterocycles. The van der Waals surface area contributed by atoms with Gasteiger partial charge >= 0.3 is 0 Å². The van der Waals surface area contributed by atoms with E-state index in [2.05, 4.69) is 0 Å². The largest absolute Gasteiger partial charge is 0.383 e. The lowest BCUT2D eigenvalue weighted by Gasteiger charge is -2.14. The molecule has 0 spiro atoms. The Morgan fingerprint density at radius 2 is 2.21 bits per heavy atom. The van der Waals surface area contributed by atoms with Gasteiger partial charge in [-0.2, -0.15) is 0 Å². The number of halogens is 1. The zero-order chi connectivity index (χ0) is 10.6. The molecule has 0 saturated heterocycles. The number of rotatable bonds is 4. The Balaban J connectivity index is 2.97. The average Bonchev–Trinajstić information content (AvgIpc) is 2.18. The third-order valence-electron chi connectivity index (χ3n) is 2.23. The van der Waals surface area contributed by atoms with Gasteiger partial charge in [-0.25, -0.2) is 4.39 Å². The van der Waals surface area contributed by atoms with Crippen LogP contribution in [0.25, 0.3) is 0 Å². The molecule has 0 aromatic heterocycles. The van der Waals surface area contributed by atoms with Gasteiger partial charge in [0.15, 0.2) is 0 Å². The maximum atomic E-state index is 13.0. The summed E-state index contributed by atoms with van der Waals surface area (Å²) in [5.41, 5.74) is 7.78. The highest BCUT2D eigenvalue weighted by atomic mass is 19.1. The smallest absolute Gasteiger partial charge is 0.123 e. The second-order valence-electron chi connectivity index (χ2n) is 3.26. The Morgan fingerprint density at radius 1 is 1.50 bits per heavy atom. The summed E-state index contributed by atoms with van der Waals surface area (Å²) >= 11 is 0. The van der Waals surface area contributed by atoms with Crippen molar-refractivity contribution in [1.82, 2.24) is 0 Å². The maximum Gasteiger partial charge on any atom is 0.123 e. The summed E-state index contributed by atoms with van der Waals surface area (Å²) in [6.07, 6.45) is 0.854. The minimum atomic E-state index is -0.247. The Kier molecular flexibility index (Phi) is 4.04. The fourth-order valence-corrected chi connectivity index (χ4v) is 1.50. The lowest BCUT2D eigenvalue weighted by Crippen LogP contribution is -2.18. The summed E-state index contributed by atoms with van der Waals surface area (Å²) in [6, 6.07) is 4.48. The Hall–Kier alpha value is -0.930. The highest BCUT2D eigenvalue weighted by molar-refractivity contribution is 5.30. The van der Waals surface area contributed by atoms with E-state index in [4.69, 9.17) is 10.5 Å². The van der Waals surface area contributed by atoms with Crippen LogP contribution >= 0.6 is 0 Å². The van der Waals surface area contributed by atoms with Crippen LogP contribution in [0.5, 0.6) is 0 Å². The predicted molar refractivity (Wildman–Crippen MR) is 54.6 cm³/mol. The van der Waals surface area contributed by atoms with E-state index in [1.54, 1.807) is 13.2 Å². The van der Waals surface area contributed by atoms with E-state index in [1.807, 2.05) is 6.92 Å². The van der Waals surface area contributed by atoms with Gasteiger partial charge in [-0.05, 0) is 29.7 Å². The van der Waals surface area contributed by atoms with Crippen molar-refractivity contribution < 1.29 is 9.13 Å². The molecule has 0 radical (unpaired) electrons.